The average Bonchev–Trinajstić information content (AvgIpc) is 3.13. The third-order valence-corrected chi connectivity index (χ3v) is 4.15. The van der Waals surface area contributed by atoms with Crippen molar-refractivity contribution in [1.82, 2.24) is 14.5 Å². The van der Waals surface area contributed by atoms with Gasteiger partial charge < -0.3 is 5.32 Å². The zero-order chi connectivity index (χ0) is 14.7. The van der Waals surface area contributed by atoms with Gasteiger partial charge >= 0.3 is 0 Å². The van der Waals surface area contributed by atoms with Crippen LogP contribution in [-0.2, 0) is 11.3 Å². The molecule has 1 aromatic heterocycles. The van der Waals surface area contributed by atoms with E-state index >= 15 is 0 Å². The Morgan fingerprint density at radius 2 is 2.24 bits per heavy atom. The van der Waals surface area contributed by atoms with Crippen LogP contribution in [0.15, 0.2) is 30.5 Å². The second kappa shape index (κ2) is 6.28. The molecule has 5 nitrogen and oxygen atoms in total. The summed E-state index contributed by atoms with van der Waals surface area (Å²) >= 11 is 1.16. The summed E-state index contributed by atoms with van der Waals surface area (Å²) in [6.45, 7) is 1.52. The Morgan fingerprint density at radius 3 is 2.95 bits per heavy atom. The van der Waals surface area contributed by atoms with Crippen LogP contribution in [-0.4, -0.2) is 33.0 Å². The zero-order valence-electron chi connectivity index (χ0n) is 11.3. The molecule has 1 atom stereocenters. The summed E-state index contributed by atoms with van der Waals surface area (Å²) in [7, 11) is 0. The number of aromatic nitrogens is 2. The molecule has 0 bridgehead atoms. The van der Waals surface area contributed by atoms with Gasteiger partial charge in [0.1, 0.15) is 10.8 Å². The molecule has 0 spiro atoms. The molecule has 21 heavy (non-hydrogen) atoms. The van der Waals surface area contributed by atoms with E-state index < -0.39 is 0 Å². The third-order valence-electron chi connectivity index (χ3n) is 3.57. The number of hydrogen-bond donors (Lipinski definition) is 1. The molecule has 2 aromatic rings. The number of carbonyl (C=O) groups excluding carboxylic acids is 1. The van der Waals surface area contributed by atoms with Crippen molar-refractivity contribution in [2.24, 2.45) is 0 Å². The summed E-state index contributed by atoms with van der Waals surface area (Å²) in [5, 5.41) is 7.20. The molecule has 3 rings (SSSR count). The van der Waals surface area contributed by atoms with Crippen molar-refractivity contribution in [3.05, 3.63) is 41.8 Å². The van der Waals surface area contributed by atoms with Crippen molar-refractivity contribution in [2.75, 3.05) is 11.9 Å². The van der Waals surface area contributed by atoms with Crippen LogP contribution in [0.2, 0.25) is 0 Å². The minimum atomic E-state index is -0.243. The Kier molecular flexibility index (Phi) is 4.21. The first-order chi connectivity index (χ1) is 10.2. The van der Waals surface area contributed by atoms with Crippen molar-refractivity contribution in [3.63, 3.8) is 0 Å². The van der Waals surface area contributed by atoms with Crippen LogP contribution in [0.3, 0.4) is 0 Å². The SMILES string of the molecule is O=C(Nc1cnns1)[C@H]1CCCN1Cc1ccc(F)cc1. The van der Waals surface area contributed by atoms with Gasteiger partial charge in [0.2, 0.25) is 5.91 Å². The maximum Gasteiger partial charge on any atom is 0.242 e. The van der Waals surface area contributed by atoms with Crippen LogP contribution < -0.4 is 5.32 Å². The second-order valence-corrected chi connectivity index (χ2v) is 5.81. The van der Waals surface area contributed by atoms with Gasteiger partial charge in [0.05, 0.1) is 12.2 Å². The van der Waals surface area contributed by atoms with Crippen LogP contribution in [0.1, 0.15) is 18.4 Å². The van der Waals surface area contributed by atoms with Crippen molar-refractivity contribution in [3.8, 4) is 0 Å². The van der Waals surface area contributed by atoms with Gasteiger partial charge in [-0.05, 0) is 37.1 Å². The summed E-state index contributed by atoms with van der Waals surface area (Å²) in [5.74, 6) is -0.271. The standard InChI is InChI=1S/C14H15FN4OS/c15-11-5-3-10(4-6-11)9-19-7-1-2-12(19)14(20)17-13-8-16-18-21-13/h3-6,8,12H,1-2,7,9H2,(H,17,20)/t12-/m1/s1. The molecule has 1 fully saturated rings. The smallest absolute Gasteiger partial charge is 0.242 e. The van der Waals surface area contributed by atoms with Crippen molar-refractivity contribution in [2.45, 2.75) is 25.4 Å². The van der Waals surface area contributed by atoms with E-state index in [1.807, 2.05) is 0 Å². The van der Waals surface area contributed by atoms with Crippen LogP contribution in [0, 0.1) is 5.82 Å². The van der Waals surface area contributed by atoms with E-state index in [9.17, 15) is 9.18 Å². The highest BCUT2D eigenvalue weighted by molar-refractivity contribution is 7.10. The highest BCUT2D eigenvalue weighted by Gasteiger charge is 2.30. The lowest BCUT2D eigenvalue weighted by Gasteiger charge is -2.23. The molecule has 1 aromatic carbocycles. The fourth-order valence-electron chi connectivity index (χ4n) is 2.56. The molecule has 1 amide bonds. The molecule has 2 heterocycles. The van der Waals surface area contributed by atoms with Crippen molar-refractivity contribution < 1.29 is 9.18 Å². The molecule has 0 saturated carbocycles. The van der Waals surface area contributed by atoms with Crippen molar-refractivity contribution >= 4 is 22.4 Å². The summed E-state index contributed by atoms with van der Waals surface area (Å²) in [6.07, 6.45) is 3.36. The fraction of sp³-hybridized carbons (Fsp3) is 0.357. The van der Waals surface area contributed by atoms with E-state index in [0.717, 1.165) is 36.5 Å². The van der Waals surface area contributed by atoms with E-state index in [-0.39, 0.29) is 17.8 Å². The van der Waals surface area contributed by atoms with Gasteiger partial charge in [-0.2, -0.15) is 0 Å². The summed E-state index contributed by atoms with van der Waals surface area (Å²) in [5.41, 5.74) is 1.01. The monoisotopic (exact) mass is 306 g/mol. The number of carbonyl (C=O) groups is 1. The average molecular weight is 306 g/mol. The number of likely N-dealkylation sites (tertiary alicyclic amines) is 1. The van der Waals surface area contributed by atoms with Gasteiger partial charge in [-0.1, -0.05) is 16.6 Å². The van der Waals surface area contributed by atoms with E-state index in [4.69, 9.17) is 0 Å². The van der Waals surface area contributed by atoms with Gasteiger partial charge in [-0.25, -0.2) is 4.39 Å². The molecule has 1 saturated heterocycles. The molecule has 1 aliphatic heterocycles. The minimum absolute atomic E-state index is 0.0272. The summed E-state index contributed by atoms with van der Waals surface area (Å²) in [4.78, 5) is 14.4. The number of halogens is 1. The molecule has 1 aliphatic rings. The van der Waals surface area contributed by atoms with Crippen LogP contribution in [0.5, 0.6) is 0 Å². The first-order valence-electron chi connectivity index (χ1n) is 6.79. The van der Waals surface area contributed by atoms with E-state index in [0.29, 0.717) is 11.5 Å². The molecule has 0 aliphatic carbocycles. The van der Waals surface area contributed by atoms with Gasteiger partial charge in [-0.15, -0.1) is 5.10 Å². The first-order valence-corrected chi connectivity index (χ1v) is 7.56. The molecular formula is C14H15FN4OS. The first kappa shape index (κ1) is 14.1. The van der Waals surface area contributed by atoms with Crippen LogP contribution in [0.4, 0.5) is 9.39 Å². The number of hydrogen-bond acceptors (Lipinski definition) is 5. The van der Waals surface area contributed by atoms with Gasteiger partial charge in [0, 0.05) is 18.1 Å². The van der Waals surface area contributed by atoms with Gasteiger partial charge in [-0.3, -0.25) is 9.69 Å². The molecule has 110 valence electrons. The highest BCUT2D eigenvalue weighted by Crippen LogP contribution is 2.22. The second-order valence-electron chi connectivity index (χ2n) is 5.03. The lowest BCUT2D eigenvalue weighted by molar-refractivity contribution is -0.120. The maximum absolute atomic E-state index is 12.9. The van der Waals surface area contributed by atoms with E-state index in [1.165, 1.54) is 12.1 Å². The van der Waals surface area contributed by atoms with Crippen molar-refractivity contribution in [1.29, 1.82) is 0 Å². The number of anilines is 1. The summed E-state index contributed by atoms with van der Waals surface area (Å²) < 4.78 is 16.7. The molecule has 1 N–H and O–H groups in total. The Hall–Kier alpha value is -1.86. The van der Waals surface area contributed by atoms with Gasteiger partial charge in [0.25, 0.3) is 0 Å². The largest absolute Gasteiger partial charge is 0.314 e. The Labute approximate surface area is 125 Å². The number of nitrogens with one attached hydrogen (secondary N) is 1. The topological polar surface area (TPSA) is 58.1 Å². The lowest BCUT2D eigenvalue weighted by atomic mass is 10.1. The Bertz CT molecular complexity index is 602. The maximum atomic E-state index is 12.9. The van der Waals surface area contributed by atoms with E-state index in [1.54, 1.807) is 18.3 Å². The Morgan fingerprint density at radius 1 is 1.43 bits per heavy atom. The number of nitrogens with zero attached hydrogens (tertiary/aromatic N) is 3. The number of rotatable bonds is 4. The molecule has 0 unspecified atom stereocenters. The summed E-state index contributed by atoms with van der Waals surface area (Å²) in [6, 6.07) is 6.26. The molecular weight excluding hydrogens is 291 g/mol. The zero-order valence-corrected chi connectivity index (χ0v) is 12.1. The quantitative estimate of drug-likeness (QED) is 0.941. The fourth-order valence-corrected chi connectivity index (χ4v) is 2.99. The van der Waals surface area contributed by atoms with E-state index in [2.05, 4.69) is 19.8 Å². The van der Waals surface area contributed by atoms with Gasteiger partial charge in [0.15, 0.2) is 0 Å². The highest BCUT2D eigenvalue weighted by atomic mass is 32.1. The molecule has 0 radical (unpaired) electrons. The predicted molar refractivity (Wildman–Crippen MR) is 78.4 cm³/mol. The number of amides is 1. The Balaban J connectivity index is 1.64. The lowest BCUT2D eigenvalue weighted by Crippen LogP contribution is -2.39. The normalized spacial score (nSPS) is 18.8. The molecule has 7 heteroatoms. The third kappa shape index (κ3) is 3.43. The number of benzene rings is 1. The predicted octanol–water partition coefficient (Wildman–Crippen LogP) is 2.28. The van der Waals surface area contributed by atoms with Crippen LogP contribution in [0.25, 0.3) is 0 Å². The van der Waals surface area contributed by atoms with Crippen LogP contribution >= 0.6 is 11.5 Å². The minimum Gasteiger partial charge on any atom is -0.314 e.